The van der Waals surface area contributed by atoms with Crippen molar-refractivity contribution in [2.24, 2.45) is 0 Å². The van der Waals surface area contributed by atoms with Crippen molar-refractivity contribution >= 4 is 22.7 Å². The van der Waals surface area contributed by atoms with Crippen LogP contribution in [0.4, 0.5) is 0 Å². The molecule has 2 aromatic heterocycles. The Morgan fingerprint density at radius 3 is 2.35 bits per heavy atom. The maximum absolute atomic E-state index is 5.44. The standard InChI is InChI=1S/C19H22N2O3S2/c1-22-16-9-13(10-17(23-2)18(16)24-3)12-21-15(19-20-6-8-26-19)11-14-5-4-7-25-14/h4-10,15,21H,11-12H2,1-3H3. The van der Waals surface area contributed by atoms with Crippen LogP contribution in [0, 0.1) is 0 Å². The average Bonchev–Trinajstić information content (AvgIpc) is 3.37. The molecule has 0 aliphatic rings. The number of nitrogens with zero attached hydrogens (tertiary/aromatic N) is 1. The zero-order valence-electron chi connectivity index (χ0n) is 15.0. The van der Waals surface area contributed by atoms with Crippen molar-refractivity contribution < 1.29 is 14.2 Å². The van der Waals surface area contributed by atoms with Gasteiger partial charge in [-0.15, -0.1) is 22.7 Å². The molecule has 0 spiro atoms. The molecule has 1 N–H and O–H groups in total. The molecule has 0 saturated carbocycles. The van der Waals surface area contributed by atoms with Crippen molar-refractivity contribution in [3.63, 3.8) is 0 Å². The highest BCUT2D eigenvalue weighted by Gasteiger charge is 2.17. The van der Waals surface area contributed by atoms with Crippen molar-refractivity contribution in [1.29, 1.82) is 0 Å². The molecule has 0 aliphatic carbocycles. The second-order valence-electron chi connectivity index (χ2n) is 5.62. The Balaban J connectivity index is 1.78. The van der Waals surface area contributed by atoms with E-state index in [1.165, 1.54) is 4.88 Å². The van der Waals surface area contributed by atoms with Gasteiger partial charge in [0.05, 0.1) is 27.4 Å². The van der Waals surface area contributed by atoms with Crippen LogP contribution in [0.25, 0.3) is 0 Å². The third kappa shape index (κ3) is 4.35. The van der Waals surface area contributed by atoms with Gasteiger partial charge in [0.2, 0.25) is 5.75 Å². The lowest BCUT2D eigenvalue weighted by Crippen LogP contribution is -2.22. The Morgan fingerprint density at radius 1 is 1.04 bits per heavy atom. The zero-order valence-corrected chi connectivity index (χ0v) is 16.7. The number of methoxy groups -OCH3 is 3. The van der Waals surface area contributed by atoms with Gasteiger partial charge in [0.15, 0.2) is 11.5 Å². The molecular formula is C19H22N2O3S2. The number of rotatable bonds is 9. The molecule has 5 nitrogen and oxygen atoms in total. The van der Waals surface area contributed by atoms with Crippen LogP contribution in [0.2, 0.25) is 0 Å². The fraction of sp³-hybridized carbons (Fsp3) is 0.316. The number of nitrogens with one attached hydrogen (secondary N) is 1. The predicted octanol–water partition coefficient (Wildman–Crippen LogP) is 4.30. The first-order valence-electron chi connectivity index (χ1n) is 8.19. The van der Waals surface area contributed by atoms with Crippen LogP contribution in [-0.2, 0) is 13.0 Å². The van der Waals surface area contributed by atoms with Gasteiger partial charge in [-0.25, -0.2) is 4.98 Å². The van der Waals surface area contributed by atoms with Crippen LogP contribution in [-0.4, -0.2) is 26.3 Å². The predicted molar refractivity (Wildman–Crippen MR) is 106 cm³/mol. The third-order valence-corrected chi connectivity index (χ3v) is 5.80. The summed E-state index contributed by atoms with van der Waals surface area (Å²) in [6, 6.07) is 8.34. The van der Waals surface area contributed by atoms with E-state index in [-0.39, 0.29) is 6.04 Å². The van der Waals surface area contributed by atoms with Gasteiger partial charge in [-0.1, -0.05) is 6.07 Å². The molecule has 0 saturated heterocycles. The fourth-order valence-corrected chi connectivity index (χ4v) is 4.23. The van der Waals surface area contributed by atoms with Gasteiger partial charge in [0, 0.05) is 29.4 Å². The largest absolute Gasteiger partial charge is 0.493 e. The Hall–Kier alpha value is -2.09. The first-order chi connectivity index (χ1) is 12.7. The van der Waals surface area contributed by atoms with E-state index in [2.05, 4.69) is 27.8 Å². The molecule has 7 heteroatoms. The first kappa shape index (κ1) is 18.7. The van der Waals surface area contributed by atoms with E-state index in [1.54, 1.807) is 44.0 Å². The second kappa shape index (κ2) is 9.02. The van der Waals surface area contributed by atoms with E-state index in [0.29, 0.717) is 23.8 Å². The monoisotopic (exact) mass is 390 g/mol. The summed E-state index contributed by atoms with van der Waals surface area (Å²) in [4.78, 5) is 5.83. The number of hydrogen-bond acceptors (Lipinski definition) is 7. The van der Waals surface area contributed by atoms with E-state index < -0.39 is 0 Å². The highest BCUT2D eigenvalue weighted by Crippen LogP contribution is 2.38. The maximum atomic E-state index is 5.44. The molecular weight excluding hydrogens is 368 g/mol. The van der Waals surface area contributed by atoms with E-state index >= 15 is 0 Å². The Bertz CT molecular complexity index is 779. The highest BCUT2D eigenvalue weighted by atomic mass is 32.1. The first-order valence-corrected chi connectivity index (χ1v) is 9.95. The fourth-order valence-electron chi connectivity index (χ4n) is 2.76. The van der Waals surface area contributed by atoms with Crippen molar-refractivity contribution in [3.05, 3.63) is 56.7 Å². The minimum Gasteiger partial charge on any atom is -0.493 e. The van der Waals surface area contributed by atoms with E-state index in [9.17, 15) is 0 Å². The van der Waals surface area contributed by atoms with Crippen molar-refractivity contribution in [2.75, 3.05) is 21.3 Å². The van der Waals surface area contributed by atoms with Crippen LogP contribution in [0.5, 0.6) is 17.2 Å². The number of thiophene rings is 1. The minimum absolute atomic E-state index is 0.160. The van der Waals surface area contributed by atoms with Crippen LogP contribution in [0.15, 0.2) is 41.2 Å². The molecule has 1 unspecified atom stereocenters. The molecule has 1 aromatic carbocycles. The summed E-state index contributed by atoms with van der Waals surface area (Å²) in [5, 5.41) is 8.82. The van der Waals surface area contributed by atoms with Crippen LogP contribution < -0.4 is 19.5 Å². The van der Waals surface area contributed by atoms with Gasteiger partial charge in [0.1, 0.15) is 5.01 Å². The minimum atomic E-state index is 0.160. The Labute approximate surface area is 161 Å². The zero-order chi connectivity index (χ0) is 18.4. The summed E-state index contributed by atoms with van der Waals surface area (Å²) in [5.74, 6) is 1.93. The number of aromatic nitrogens is 1. The van der Waals surface area contributed by atoms with Gasteiger partial charge < -0.3 is 19.5 Å². The lowest BCUT2D eigenvalue weighted by Gasteiger charge is -2.18. The Morgan fingerprint density at radius 2 is 1.81 bits per heavy atom. The topological polar surface area (TPSA) is 52.6 Å². The van der Waals surface area contributed by atoms with Gasteiger partial charge in [-0.05, 0) is 29.1 Å². The van der Waals surface area contributed by atoms with E-state index in [1.807, 2.05) is 23.7 Å². The van der Waals surface area contributed by atoms with Gasteiger partial charge >= 0.3 is 0 Å². The van der Waals surface area contributed by atoms with Crippen molar-refractivity contribution in [3.8, 4) is 17.2 Å². The SMILES string of the molecule is COc1cc(CNC(Cc2cccs2)c2nccs2)cc(OC)c1OC. The second-order valence-corrected chi connectivity index (χ2v) is 7.58. The third-order valence-electron chi connectivity index (χ3n) is 4.01. The smallest absolute Gasteiger partial charge is 0.203 e. The molecule has 2 heterocycles. The van der Waals surface area contributed by atoms with Crippen molar-refractivity contribution in [1.82, 2.24) is 10.3 Å². The molecule has 26 heavy (non-hydrogen) atoms. The average molecular weight is 391 g/mol. The highest BCUT2D eigenvalue weighted by molar-refractivity contribution is 7.10. The number of benzene rings is 1. The van der Waals surface area contributed by atoms with Crippen molar-refractivity contribution in [2.45, 2.75) is 19.0 Å². The van der Waals surface area contributed by atoms with Gasteiger partial charge in [-0.3, -0.25) is 0 Å². The molecule has 0 radical (unpaired) electrons. The summed E-state index contributed by atoms with van der Waals surface area (Å²) < 4.78 is 16.3. The molecule has 0 bridgehead atoms. The summed E-state index contributed by atoms with van der Waals surface area (Å²) in [6.45, 7) is 0.673. The molecule has 0 fully saturated rings. The lowest BCUT2D eigenvalue weighted by molar-refractivity contribution is 0.323. The summed E-state index contributed by atoms with van der Waals surface area (Å²) >= 11 is 3.44. The summed E-state index contributed by atoms with van der Waals surface area (Å²) in [5.41, 5.74) is 1.06. The molecule has 0 amide bonds. The van der Waals surface area contributed by atoms with E-state index in [4.69, 9.17) is 14.2 Å². The quantitative estimate of drug-likeness (QED) is 0.590. The van der Waals surface area contributed by atoms with Crippen LogP contribution in [0.3, 0.4) is 0 Å². The summed E-state index contributed by atoms with van der Waals surface area (Å²) in [6.07, 6.45) is 2.76. The van der Waals surface area contributed by atoms with Crippen LogP contribution >= 0.6 is 22.7 Å². The molecule has 1 atom stereocenters. The molecule has 3 rings (SSSR count). The van der Waals surface area contributed by atoms with Gasteiger partial charge in [0.25, 0.3) is 0 Å². The van der Waals surface area contributed by atoms with Gasteiger partial charge in [-0.2, -0.15) is 0 Å². The summed E-state index contributed by atoms with van der Waals surface area (Å²) in [7, 11) is 4.87. The molecule has 138 valence electrons. The normalized spacial score (nSPS) is 12.0. The van der Waals surface area contributed by atoms with E-state index in [0.717, 1.165) is 17.0 Å². The number of hydrogen-bond donors (Lipinski definition) is 1. The number of thiazole rings is 1. The molecule has 0 aliphatic heterocycles. The Kier molecular flexibility index (Phi) is 6.49. The number of ether oxygens (including phenoxy) is 3. The maximum Gasteiger partial charge on any atom is 0.203 e. The lowest BCUT2D eigenvalue weighted by atomic mass is 10.1. The van der Waals surface area contributed by atoms with Crippen LogP contribution in [0.1, 0.15) is 21.5 Å². The molecule has 3 aromatic rings.